The zero-order valence-electron chi connectivity index (χ0n) is 9.60. The number of amides is 3. The van der Waals surface area contributed by atoms with E-state index >= 15 is 0 Å². The summed E-state index contributed by atoms with van der Waals surface area (Å²) in [7, 11) is 0. The van der Waals surface area contributed by atoms with E-state index in [1.54, 1.807) is 0 Å². The maximum absolute atomic E-state index is 11.7. The minimum Gasteiger partial charge on any atom is -0.366 e. The van der Waals surface area contributed by atoms with Gasteiger partial charge in [0.25, 0.3) is 5.91 Å². The van der Waals surface area contributed by atoms with E-state index < -0.39 is 17.7 Å². The van der Waals surface area contributed by atoms with Crippen LogP contribution >= 0.6 is 0 Å². The molecule has 0 saturated heterocycles. The molecule has 1 aromatic rings. The Morgan fingerprint density at radius 1 is 1.06 bits per heavy atom. The van der Waals surface area contributed by atoms with Gasteiger partial charge in [0.2, 0.25) is 11.8 Å². The maximum atomic E-state index is 11.7. The number of rotatable bonds is 5. The molecule has 0 aliphatic rings. The minimum atomic E-state index is -0.740. The van der Waals surface area contributed by atoms with Gasteiger partial charge in [-0.25, -0.2) is 0 Å². The normalized spacial score (nSPS) is 9.56. The monoisotopic (exact) mass is 247 g/mol. The lowest BCUT2D eigenvalue weighted by molar-refractivity contribution is 0.0958. The van der Waals surface area contributed by atoms with E-state index in [9.17, 15) is 14.4 Å². The molecule has 0 aliphatic carbocycles. The number of primary amides is 2. The van der Waals surface area contributed by atoms with Crippen LogP contribution in [0.4, 0.5) is 0 Å². The number of hydrogen-bond donors (Lipinski definition) is 3. The van der Waals surface area contributed by atoms with Crippen molar-refractivity contribution in [3.63, 3.8) is 0 Å². The molecule has 5 N–H and O–H groups in total. The molecule has 0 heterocycles. The summed E-state index contributed by atoms with van der Waals surface area (Å²) in [5.74, 6) is -1.92. The standard InChI is InChI=1S/C12H13N3O3/c1-2-3-15-12(18)9-5-7(10(13)16)4-8(6-9)11(14)17/h2,4-6H,1,3H2,(H2,13,16)(H2,14,17)(H,15,18). The lowest BCUT2D eigenvalue weighted by Gasteiger charge is -2.06. The highest BCUT2D eigenvalue weighted by Crippen LogP contribution is 2.10. The first-order chi connectivity index (χ1) is 8.45. The first-order valence-corrected chi connectivity index (χ1v) is 5.09. The van der Waals surface area contributed by atoms with Gasteiger partial charge in [-0.05, 0) is 18.2 Å². The molecule has 3 amide bonds. The van der Waals surface area contributed by atoms with Crippen molar-refractivity contribution in [1.29, 1.82) is 0 Å². The molecule has 6 nitrogen and oxygen atoms in total. The smallest absolute Gasteiger partial charge is 0.251 e. The first-order valence-electron chi connectivity index (χ1n) is 5.09. The van der Waals surface area contributed by atoms with E-state index in [-0.39, 0.29) is 23.2 Å². The molecule has 0 radical (unpaired) electrons. The summed E-state index contributed by atoms with van der Waals surface area (Å²) in [6.07, 6.45) is 1.50. The van der Waals surface area contributed by atoms with E-state index in [1.807, 2.05) is 0 Å². The molecule has 1 rings (SSSR count). The van der Waals surface area contributed by atoms with Gasteiger partial charge in [-0.15, -0.1) is 6.58 Å². The molecule has 0 aliphatic heterocycles. The van der Waals surface area contributed by atoms with Crippen LogP contribution in [-0.4, -0.2) is 24.3 Å². The van der Waals surface area contributed by atoms with Crippen LogP contribution < -0.4 is 16.8 Å². The largest absolute Gasteiger partial charge is 0.366 e. The molecule has 0 fully saturated rings. The summed E-state index contributed by atoms with van der Waals surface area (Å²) in [6.45, 7) is 3.72. The summed E-state index contributed by atoms with van der Waals surface area (Å²) in [5, 5.41) is 2.52. The molecule has 0 atom stereocenters. The highest BCUT2D eigenvalue weighted by molar-refractivity contribution is 6.03. The van der Waals surface area contributed by atoms with Gasteiger partial charge in [-0.1, -0.05) is 6.08 Å². The Morgan fingerprint density at radius 3 is 1.89 bits per heavy atom. The molecule has 6 heteroatoms. The van der Waals surface area contributed by atoms with Crippen molar-refractivity contribution < 1.29 is 14.4 Å². The Morgan fingerprint density at radius 2 is 1.50 bits per heavy atom. The zero-order valence-corrected chi connectivity index (χ0v) is 9.60. The Bertz CT molecular complexity index is 491. The number of benzene rings is 1. The Kier molecular flexibility index (Phi) is 4.20. The van der Waals surface area contributed by atoms with Crippen LogP contribution in [0.25, 0.3) is 0 Å². The van der Waals surface area contributed by atoms with Gasteiger partial charge in [-0.3, -0.25) is 14.4 Å². The lowest BCUT2D eigenvalue weighted by Crippen LogP contribution is -2.25. The fourth-order valence-electron chi connectivity index (χ4n) is 1.31. The fraction of sp³-hybridized carbons (Fsp3) is 0.0833. The van der Waals surface area contributed by atoms with Gasteiger partial charge in [-0.2, -0.15) is 0 Å². The molecule has 94 valence electrons. The molecule has 0 aromatic heterocycles. The zero-order chi connectivity index (χ0) is 13.7. The van der Waals surface area contributed by atoms with Crippen molar-refractivity contribution >= 4 is 17.7 Å². The predicted octanol–water partition coefficient (Wildman–Crippen LogP) is -0.200. The van der Waals surface area contributed by atoms with Crippen molar-refractivity contribution in [2.24, 2.45) is 11.5 Å². The van der Waals surface area contributed by atoms with Crippen molar-refractivity contribution in [3.8, 4) is 0 Å². The number of hydrogen-bond acceptors (Lipinski definition) is 3. The van der Waals surface area contributed by atoms with Crippen molar-refractivity contribution in [2.45, 2.75) is 0 Å². The number of carbonyl (C=O) groups is 3. The minimum absolute atomic E-state index is 0.0510. The number of nitrogens with two attached hydrogens (primary N) is 2. The molecule has 0 bridgehead atoms. The predicted molar refractivity (Wildman–Crippen MR) is 66.0 cm³/mol. The number of nitrogens with one attached hydrogen (secondary N) is 1. The van der Waals surface area contributed by atoms with Crippen LogP contribution in [-0.2, 0) is 0 Å². The Balaban J connectivity index is 3.18. The topological polar surface area (TPSA) is 115 Å². The number of carbonyl (C=O) groups excluding carboxylic acids is 3. The maximum Gasteiger partial charge on any atom is 0.251 e. The summed E-state index contributed by atoms with van der Waals surface area (Å²) in [5.41, 5.74) is 10.5. The third-order valence-corrected chi connectivity index (χ3v) is 2.17. The van der Waals surface area contributed by atoms with Gasteiger partial charge < -0.3 is 16.8 Å². The second-order valence-electron chi connectivity index (χ2n) is 3.53. The fourth-order valence-corrected chi connectivity index (χ4v) is 1.31. The van der Waals surface area contributed by atoms with Crippen LogP contribution in [0.3, 0.4) is 0 Å². The van der Waals surface area contributed by atoms with Crippen LogP contribution in [0.2, 0.25) is 0 Å². The van der Waals surface area contributed by atoms with Gasteiger partial charge >= 0.3 is 0 Å². The van der Waals surface area contributed by atoms with Gasteiger partial charge in [0.15, 0.2) is 0 Å². The molecule has 0 saturated carbocycles. The average Bonchev–Trinajstić information content (AvgIpc) is 2.35. The highest BCUT2D eigenvalue weighted by atomic mass is 16.2. The SMILES string of the molecule is C=CCNC(=O)c1cc(C(N)=O)cc(C(N)=O)c1. The molecule has 18 heavy (non-hydrogen) atoms. The molecule has 0 unspecified atom stereocenters. The summed E-state index contributed by atoms with van der Waals surface area (Å²) in [4.78, 5) is 33.9. The molecule has 0 spiro atoms. The highest BCUT2D eigenvalue weighted by Gasteiger charge is 2.13. The summed E-state index contributed by atoms with van der Waals surface area (Å²) in [6, 6.07) is 3.84. The van der Waals surface area contributed by atoms with Gasteiger partial charge in [0.1, 0.15) is 0 Å². The Labute approximate surface area is 104 Å². The second-order valence-corrected chi connectivity index (χ2v) is 3.53. The lowest BCUT2D eigenvalue weighted by atomic mass is 10.0. The van der Waals surface area contributed by atoms with Crippen LogP contribution in [0.1, 0.15) is 31.1 Å². The average molecular weight is 247 g/mol. The van der Waals surface area contributed by atoms with E-state index in [4.69, 9.17) is 11.5 Å². The van der Waals surface area contributed by atoms with Crippen molar-refractivity contribution in [3.05, 3.63) is 47.5 Å². The van der Waals surface area contributed by atoms with E-state index in [0.717, 1.165) is 0 Å². The quantitative estimate of drug-likeness (QED) is 0.626. The molecular weight excluding hydrogens is 234 g/mol. The van der Waals surface area contributed by atoms with E-state index in [2.05, 4.69) is 11.9 Å². The van der Waals surface area contributed by atoms with E-state index in [0.29, 0.717) is 0 Å². The van der Waals surface area contributed by atoms with E-state index in [1.165, 1.54) is 24.3 Å². The third kappa shape index (κ3) is 3.18. The van der Waals surface area contributed by atoms with Crippen molar-refractivity contribution in [1.82, 2.24) is 5.32 Å². The molecular formula is C12H13N3O3. The van der Waals surface area contributed by atoms with Gasteiger partial charge in [0.05, 0.1) is 0 Å². The summed E-state index contributed by atoms with van der Waals surface area (Å²) >= 11 is 0. The van der Waals surface area contributed by atoms with Gasteiger partial charge in [0, 0.05) is 23.2 Å². The third-order valence-electron chi connectivity index (χ3n) is 2.17. The van der Waals surface area contributed by atoms with Crippen LogP contribution in [0, 0.1) is 0 Å². The second kappa shape index (κ2) is 5.62. The van der Waals surface area contributed by atoms with Crippen LogP contribution in [0.5, 0.6) is 0 Å². The van der Waals surface area contributed by atoms with Crippen molar-refractivity contribution in [2.75, 3.05) is 6.54 Å². The Hall–Kier alpha value is -2.63. The first kappa shape index (κ1) is 13.4. The molecule has 1 aromatic carbocycles. The van der Waals surface area contributed by atoms with Crippen LogP contribution in [0.15, 0.2) is 30.9 Å². The summed E-state index contributed by atoms with van der Waals surface area (Å²) < 4.78 is 0.